The number of nitrogens with zero attached hydrogens (tertiary/aromatic N) is 5. The Bertz CT molecular complexity index is 1830. The molecule has 6 nitrogen and oxygen atoms in total. The molecule has 0 saturated carbocycles. The van der Waals surface area contributed by atoms with Crippen LogP contribution in [0.5, 0.6) is 0 Å². The van der Waals surface area contributed by atoms with Crippen LogP contribution < -0.4 is 15.2 Å². The van der Waals surface area contributed by atoms with E-state index in [-0.39, 0.29) is 19.8 Å². The number of halogens is 1. The van der Waals surface area contributed by atoms with Crippen LogP contribution in [-0.4, -0.2) is 24.5 Å². The lowest BCUT2D eigenvalue weighted by molar-refractivity contribution is -0.688. The van der Waals surface area contributed by atoms with Gasteiger partial charge in [-0.15, -0.1) is 12.4 Å². The normalized spacial score (nSPS) is 9.74. The van der Waals surface area contributed by atoms with Crippen LogP contribution in [-0.2, 0) is 13.1 Å². The molecule has 0 radical (unpaired) electrons. The van der Waals surface area contributed by atoms with Crippen LogP contribution >= 0.6 is 36.8 Å². The summed E-state index contributed by atoms with van der Waals surface area (Å²) in [5.41, 5.74) is 5.00. The third-order valence-corrected chi connectivity index (χ3v) is 7.06. The zero-order valence-electron chi connectivity index (χ0n) is 24.4. The van der Waals surface area contributed by atoms with Gasteiger partial charge in [0, 0.05) is 49.0 Å². The summed E-state index contributed by atoms with van der Waals surface area (Å²) in [6.07, 6.45) is 11.5. The van der Waals surface area contributed by atoms with Crippen molar-refractivity contribution < 1.29 is 4.57 Å². The first-order valence-corrected chi connectivity index (χ1v) is 14.9. The van der Waals surface area contributed by atoms with E-state index in [0.717, 1.165) is 35.5 Å². The zero-order valence-corrected chi connectivity index (χ0v) is 26.8. The number of thiocarbonyl (C=S) groups is 2. The van der Waals surface area contributed by atoms with E-state index >= 15 is 0 Å². The molecule has 6 rings (SSSR count). The summed E-state index contributed by atoms with van der Waals surface area (Å²) in [5.74, 6) is 0. The largest absolute Gasteiger partial charge is 0.350 e. The van der Waals surface area contributed by atoms with E-state index in [9.17, 15) is 0 Å². The first-order chi connectivity index (χ1) is 21.6. The average molecular weight is 664 g/mol. The highest BCUT2D eigenvalue weighted by Crippen LogP contribution is 2.07. The van der Waals surface area contributed by atoms with Crippen molar-refractivity contribution in [2.75, 3.05) is 5.32 Å². The third kappa shape index (κ3) is 11.2. The lowest BCUT2D eigenvalue weighted by Crippen LogP contribution is -2.33. The van der Waals surface area contributed by atoms with Gasteiger partial charge in [-0.3, -0.25) is 9.97 Å². The molecule has 0 spiro atoms. The fraction of sp³-hybridized carbons (Fsp3) is 0.0811. The topological polar surface area (TPSA) is 59.0 Å². The summed E-state index contributed by atoms with van der Waals surface area (Å²) in [4.78, 5) is 14.0. The third-order valence-electron chi connectivity index (χ3n) is 6.45. The lowest BCUT2D eigenvalue weighted by Gasteiger charge is -2.06. The van der Waals surface area contributed by atoms with Crippen molar-refractivity contribution in [1.82, 2.24) is 14.5 Å². The first-order valence-electron chi connectivity index (χ1n) is 14.1. The summed E-state index contributed by atoms with van der Waals surface area (Å²) in [5, 5.41) is 4.04. The Morgan fingerprint density at radius 3 is 1.78 bits per heavy atom. The van der Waals surface area contributed by atoms with E-state index in [4.69, 9.17) is 24.4 Å². The number of nitrogens with one attached hydrogen (secondary N) is 1. The molecule has 0 atom stereocenters. The second-order valence-electron chi connectivity index (χ2n) is 9.76. The van der Waals surface area contributed by atoms with Crippen molar-refractivity contribution in [3.63, 3.8) is 0 Å². The van der Waals surface area contributed by atoms with E-state index in [1.807, 2.05) is 110 Å². The van der Waals surface area contributed by atoms with Gasteiger partial charge in [0.1, 0.15) is 4.99 Å². The van der Waals surface area contributed by atoms with Gasteiger partial charge in [0.2, 0.25) is 0 Å². The number of benzene rings is 2. The molecule has 0 aliphatic rings. The molecule has 46 heavy (non-hydrogen) atoms. The molecule has 1 N–H and O–H groups in total. The van der Waals surface area contributed by atoms with Crippen molar-refractivity contribution in [2.24, 2.45) is 4.99 Å². The Morgan fingerprint density at radius 2 is 1.22 bits per heavy atom. The average Bonchev–Trinajstić information content (AvgIpc) is 3.08. The minimum absolute atomic E-state index is 0. The predicted octanol–water partition coefficient (Wildman–Crippen LogP) is 7.47. The van der Waals surface area contributed by atoms with Crippen LogP contribution in [0.4, 0.5) is 5.69 Å². The quantitative estimate of drug-likeness (QED) is 0.142. The fourth-order valence-electron chi connectivity index (χ4n) is 4.22. The van der Waals surface area contributed by atoms with Gasteiger partial charge in [-0.2, -0.15) is 0 Å². The number of hydrogen-bond donors (Lipinski definition) is 1. The summed E-state index contributed by atoms with van der Waals surface area (Å²) in [6, 6.07) is 40.0. The smallest absolute Gasteiger partial charge is 0.173 e. The van der Waals surface area contributed by atoms with E-state index < -0.39 is 0 Å². The molecule has 2 aromatic carbocycles. The first kappa shape index (κ1) is 35.6. The summed E-state index contributed by atoms with van der Waals surface area (Å²) in [7, 11) is 0. The number of aromatic nitrogens is 4. The number of rotatable bonds is 7. The van der Waals surface area contributed by atoms with Crippen molar-refractivity contribution in [1.29, 1.82) is 0 Å². The van der Waals surface area contributed by atoms with Gasteiger partial charge in [-0.25, -0.2) is 9.56 Å². The number of pyridine rings is 4. The molecule has 9 heteroatoms. The van der Waals surface area contributed by atoms with Crippen molar-refractivity contribution in [3.8, 4) is 0 Å². The summed E-state index contributed by atoms with van der Waals surface area (Å²) in [6.45, 7) is 1.69. The minimum atomic E-state index is 0. The molecule has 0 bridgehead atoms. The van der Waals surface area contributed by atoms with Gasteiger partial charge < -0.3 is 9.88 Å². The van der Waals surface area contributed by atoms with Crippen LogP contribution in [0.1, 0.15) is 29.9 Å². The van der Waals surface area contributed by atoms with Crippen molar-refractivity contribution in [2.45, 2.75) is 20.5 Å². The lowest BCUT2D eigenvalue weighted by atomic mass is 10.2. The highest BCUT2D eigenvalue weighted by Gasteiger charge is 2.06. The minimum Gasteiger partial charge on any atom is -0.350 e. The summed E-state index contributed by atoms with van der Waals surface area (Å²) >= 11 is 10.7. The predicted molar refractivity (Wildman–Crippen MR) is 197 cm³/mol. The van der Waals surface area contributed by atoms with Crippen molar-refractivity contribution in [3.05, 3.63) is 186 Å². The van der Waals surface area contributed by atoms with Gasteiger partial charge in [0.05, 0.1) is 22.4 Å². The van der Waals surface area contributed by atoms with E-state index in [2.05, 4.69) is 65.8 Å². The molecule has 4 heterocycles. The Hall–Kier alpha value is -4.89. The van der Waals surface area contributed by atoms with E-state index in [1.54, 1.807) is 12.4 Å². The molecule has 4 aromatic heterocycles. The van der Waals surface area contributed by atoms with Gasteiger partial charge in [0.25, 0.3) is 0 Å². The molecular weight excluding hydrogens is 628 g/mol. The molecular formula is C37H36ClN6S2+. The van der Waals surface area contributed by atoms with Gasteiger partial charge in [-0.1, -0.05) is 105 Å². The molecule has 0 aliphatic heterocycles. The second-order valence-corrected chi connectivity index (χ2v) is 10.6. The van der Waals surface area contributed by atoms with Crippen LogP contribution in [0.15, 0.2) is 164 Å². The maximum absolute atomic E-state index is 5.36. The van der Waals surface area contributed by atoms with E-state index in [0.29, 0.717) is 9.98 Å². The van der Waals surface area contributed by atoms with E-state index in [1.165, 1.54) is 11.1 Å². The maximum atomic E-state index is 5.36. The maximum Gasteiger partial charge on any atom is 0.173 e. The van der Waals surface area contributed by atoms with Crippen molar-refractivity contribution >= 4 is 52.5 Å². The molecule has 232 valence electrons. The highest BCUT2D eigenvalue weighted by molar-refractivity contribution is 7.81. The molecule has 0 amide bonds. The van der Waals surface area contributed by atoms with Crippen LogP contribution in [0.3, 0.4) is 0 Å². The Balaban J connectivity index is 0.000000240. The standard InChI is InChI=1S/2C18H15N3S.CH4.ClH/c2*22-18(17-8-4-5-11-19-17)20-16-9-12-21(13-10-16)14-15-6-2-1-3-7-15;;/h2*1-13H,14H2;1H4;1H/p+1. The zero-order chi connectivity index (χ0) is 30.4. The monoisotopic (exact) mass is 663 g/mol. The Kier molecular flexibility index (Phi) is 14.6. The number of hydrogen-bond acceptors (Lipinski definition) is 4. The van der Waals surface area contributed by atoms with Crippen LogP contribution in [0.2, 0.25) is 0 Å². The number of anilines is 1. The molecule has 0 fully saturated rings. The Morgan fingerprint density at radius 1 is 0.674 bits per heavy atom. The molecule has 0 saturated heterocycles. The van der Waals surface area contributed by atoms with Crippen LogP contribution in [0, 0.1) is 0 Å². The molecule has 0 unspecified atom stereocenters. The summed E-state index contributed by atoms with van der Waals surface area (Å²) < 4.78 is 4.24. The van der Waals surface area contributed by atoms with Crippen LogP contribution in [0.25, 0.3) is 0 Å². The van der Waals surface area contributed by atoms with Gasteiger partial charge in [-0.05, 0) is 42.0 Å². The fourth-order valence-corrected chi connectivity index (χ4v) is 4.68. The highest BCUT2D eigenvalue weighted by atomic mass is 35.5. The Labute approximate surface area is 287 Å². The second kappa shape index (κ2) is 18.8. The van der Waals surface area contributed by atoms with Gasteiger partial charge in [0.15, 0.2) is 23.9 Å². The molecule has 0 aliphatic carbocycles. The molecule has 6 aromatic rings. The van der Waals surface area contributed by atoms with Gasteiger partial charge >= 0.3 is 0 Å². The SMILES string of the molecule is C.Cl.S=C(N=c1ccn(Cc2ccccc2)cc1)c1ccccn1.S=C(Nc1cc[n+](Cc2ccccc2)cc1)c1ccccn1.